The lowest BCUT2D eigenvalue weighted by Gasteiger charge is -2.32. The number of ether oxygens (including phenoxy) is 1. The molecule has 2 unspecified atom stereocenters. The molecule has 0 aromatic carbocycles. The van der Waals surface area contributed by atoms with E-state index in [2.05, 4.69) is 48.9 Å². The predicted molar refractivity (Wildman–Crippen MR) is 93.4 cm³/mol. The van der Waals surface area contributed by atoms with Crippen molar-refractivity contribution in [2.45, 2.75) is 45.1 Å². The Kier molecular flexibility index (Phi) is 4.94. The number of hydrogen-bond donors (Lipinski definition) is 0. The third-order valence-corrected chi connectivity index (χ3v) is 6.07. The lowest BCUT2D eigenvalue weighted by atomic mass is 9.81. The van der Waals surface area contributed by atoms with Gasteiger partial charge < -0.3 is 4.74 Å². The Hall–Kier alpha value is -0.900. The van der Waals surface area contributed by atoms with E-state index in [4.69, 9.17) is 4.74 Å². The van der Waals surface area contributed by atoms with Crippen LogP contribution in [0.5, 0.6) is 0 Å². The Morgan fingerprint density at radius 3 is 2.90 bits per heavy atom. The lowest BCUT2D eigenvalue weighted by molar-refractivity contribution is 0.0335. The highest BCUT2D eigenvalue weighted by Gasteiger charge is 2.30. The van der Waals surface area contributed by atoms with E-state index >= 15 is 0 Å². The molecule has 0 fully saturated rings. The molecule has 2 heterocycles. The maximum atomic E-state index is 6.18. The van der Waals surface area contributed by atoms with Gasteiger partial charge in [0.05, 0.1) is 6.10 Å². The molecular weight excluding hydrogens is 296 g/mol. The van der Waals surface area contributed by atoms with Crippen LogP contribution >= 0.6 is 22.7 Å². The molecule has 2 atom stereocenters. The fourth-order valence-corrected chi connectivity index (χ4v) is 4.97. The van der Waals surface area contributed by atoms with Crippen molar-refractivity contribution < 1.29 is 4.74 Å². The highest BCUT2D eigenvalue weighted by atomic mass is 32.1. The van der Waals surface area contributed by atoms with Crippen LogP contribution < -0.4 is 0 Å². The largest absolute Gasteiger partial charge is 0.377 e. The molecule has 1 aliphatic carbocycles. The van der Waals surface area contributed by atoms with Crippen molar-refractivity contribution in [3.05, 3.63) is 46.2 Å². The molecular formula is C18H22OS2. The smallest absolute Gasteiger partial charge is 0.0684 e. The van der Waals surface area contributed by atoms with E-state index in [0.29, 0.717) is 12.0 Å². The van der Waals surface area contributed by atoms with Gasteiger partial charge in [-0.1, -0.05) is 24.6 Å². The minimum absolute atomic E-state index is 0.336. The molecule has 21 heavy (non-hydrogen) atoms. The monoisotopic (exact) mass is 318 g/mol. The van der Waals surface area contributed by atoms with Crippen molar-refractivity contribution in [1.82, 2.24) is 0 Å². The second-order valence-corrected chi connectivity index (χ2v) is 7.46. The van der Waals surface area contributed by atoms with Crippen LogP contribution in [0.3, 0.4) is 0 Å². The molecule has 112 valence electrons. The summed E-state index contributed by atoms with van der Waals surface area (Å²) in [4.78, 5) is 2.81. The Bertz CT molecular complexity index is 595. The Labute approximate surface area is 135 Å². The number of thiophene rings is 2. The van der Waals surface area contributed by atoms with Gasteiger partial charge in [0.1, 0.15) is 0 Å². The van der Waals surface area contributed by atoms with Gasteiger partial charge in [0.25, 0.3) is 0 Å². The Morgan fingerprint density at radius 1 is 1.24 bits per heavy atom. The van der Waals surface area contributed by atoms with Gasteiger partial charge in [-0.15, -0.1) is 22.7 Å². The van der Waals surface area contributed by atoms with Gasteiger partial charge in [-0.2, -0.15) is 0 Å². The molecule has 2 aromatic heterocycles. The van der Waals surface area contributed by atoms with Crippen molar-refractivity contribution in [2.24, 2.45) is 0 Å². The summed E-state index contributed by atoms with van der Waals surface area (Å²) in [5, 5.41) is 4.39. The van der Waals surface area contributed by atoms with Crippen LogP contribution in [0.1, 0.15) is 44.6 Å². The van der Waals surface area contributed by atoms with Crippen molar-refractivity contribution >= 4 is 22.7 Å². The molecule has 1 aliphatic rings. The van der Waals surface area contributed by atoms with E-state index < -0.39 is 0 Å². The third kappa shape index (κ3) is 3.15. The number of rotatable bonds is 5. The maximum absolute atomic E-state index is 6.18. The second kappa shape index (κ2) is 6.91. The van der Waals surface area contributed by atoms with Gasteiger partial charge in [0, 0.05) is 22.3 Å². The van der Waals surface area contributed by atoms with Crippen molar-refractivity contribution in [3.8, 4) is 9.75 Å². The molecule has 0 N–H and O–H groups in total. The fraction of sp³-hybridized carbons (Fsp3) is 0.444. The van der Waals surface area contributed by atoms with Crippen molar-refractivity contribution in [2.75, 3.05) is 6.61 Å². The summed E-state index contributed by atoms with van der Waals surface area (Å²) in [6.07, 6.45) is 6.11. The van der Waals surface area contributed by atoms with Crippen LogP contribution in [0.25, 0.3) is 9.75 Å². The Morgan fingerprint density at radius 2 is 2.14 bits per heavy atom. The molecule has 1 nitrogen and oxygen atoms in total. The molecule has 0 amide bonds. The molecule has 3 rings (SSSR count). The SMILES string of the molecule is CCCOC1CCC=C(C)C1c1ccsc1-c1cccs1. The summed E-state index contributed by atoms with van der Waals surface area (Å²) in [5.41, 5.74) is 2.93. The summed E-state index contributed by atoms with van der Waals surface area (Å²) < 4.78 is 6.18. The number of hydrogen-bond acceptors (Lipinski definition) is 3. The molecule has 0 aliphatic heterocycles. The quantitative estimate of drug-likeness (QED) is 0.606. The van der Waals surface area contributed by atoms with Crippen LogP contribution in [-0.4, -0.2) is 12.7 Å². The van der Waals surface area contributed by atoms with Crippen LogP contribution in [0.4, 0.5) is 0 Å². The Balaban J connectivity index is 1.95. The summed E-state index contributed by atoms with van der Waals surface area (Å²) in [6, 6.07) is 6.66. The van der Waals surface area contributed by atoms with Crippen LogP contribution in [-0.2, 0) is 4.74 Å². The summed E-state index contributed by atoms with van der Waals surface area (Å²) >= 11 is 3.69. The standard InChI is InChI=1S/C18H22OS2/c1-3-10-19-15-7-4-6-13(2)17(15)14-9-12-21-18(14)16-8-5-11-20-16/h5-6,8-9,11-12,15,17H,3-4,7,10H2,1-2H3. The van der Waals surface area contributed by atoms with Gasteiger partial charge in [-0.05, 0) is 54.6 Å². The van der Waals surface area contributed by atoms with Gasteiger partial charge in [0.2, 0.25) is 0 Å². The zero-order chi connectivity index (χ0) is 14.7. The average molecular weight is 319 g/mol. The van der Waals surface area contributed by atoms with Crippen molar-refractivity contribution in [3.63, 3.8) is 0 Å². The van der Waals surface area contributed by atoms with Crippen molar-refractivity contribution in [1.29, 1.82) is 0 Å². The predicted octanol–water partition coefficient (Wildman–Crippen LogP) is 6.10. The topological polar surface area (TPSA) is 9.23 Å². The maximum Gasteiger partial charge on any atom is 0.0684 e. The van der Waals surface area contributed by atoms with E-state index in [1.54, 1.807) is 0 Å². The first-order valence-electron chi connectivity index (χ1n) is 7.70. The molecule has 3 heteroatoms. The molecule has 2 aromatic rings. The normalized spacial score (nSPS) is 22.3. The first kappa shape index (κ1) is 15.0. The van der Waals surface area contributed by atoms with E-state index in [9.17, 15) is 0 Å². The third-order valence-electron chi connectivity index (χ3n) is 4.09. The van der Waals surface area contributed by atoms with E-state index in [-0.39, 0.29) is 0 Å². The molecule has 0 saturated heterocycles. The first-order valence-corrected chi connectivity index (χ1v) is 9.46. The van der Waals surface area contributed by atoms with E-state index in [1.165, 1.54) is 20.9 Å². The van der Waals surface area contributed by atoms with Gasteiger partial charge in [0.15, 0.2) is 0 Å². The second-order valence-electron chi connectivity index (χ2n) is 5.59. The van der Waals surface area contributed by atoms with Crippen LogP contribution in [0.15, 0.2) is 40.6 Å². The van der Waals surface area contributed by atoms with E-state index in [0.717, 1.165) is 25.9 Å². The van der Waals surface area contributed by atoms with Gasteiger partial charge in [-0.3, -0.25) is 0 Å². The minimum atomic E-state index is 0.336. The zero-order valence-electron chi connectivity index (χ0n) is 12.7. The average Bonchev–Trinajstić information content (AvgIpc) is 3.15. The molecule has 0 spiro atoms. The van der Waals surface area contributed by atoms with Gasteiger partial charge in [-0.25, -0.2) is 0 Å². The lowest BCUT2D eigenvalue weighted by Crippen LogP contribution is -2.26. The fourth-order valence-electron chi connectivity index (χ4n) is 3.13. The molecule has 0 bridgehead atoms. The minimum Gasteiger partial charge on any atom is -0.377 e. The molecule has 0 saturated carbocycles. The number of allylic oxidation sites excluding steroid dienone is 1. The summed E-state index contributed by atoms with van der Waals surface area (Å²) in [6.45, 7) is 5.32. The van der Waals surface area contributed by atoms with Crippen LogP contribution in [0, 0.1) is 0 Å². The summed E-state index contributed by atoms with van der Waals surface area (Å²) in [5.74, 6) is 0.425. The highest BCUT2D eigenvalue weighted by Crippen LogP contribution is 2.43. The van der Waals surface area contributed by atoms with E-state index in [1.807, 2.05) is 22.7 Å². The highest BCUT2D eigenvalue weighted by molar-refractivity contribution is 7.20. The van der Waals surface area contributed by atoms with Gasteiger partial charge >= 0.3 is 0 Å². The zero-order valence-corrected chi connectivity index (χ0v) is 14.3. The summed E-state index contributed by atoms with van der Waals surface area (Å²) in [7, 11) is 0. The first-order chi connectivity index (χ1) is 10.3. The van der Waals surface area contributed by atoms with Crippen LogP contribution in [0.2, 0.25) is 0 Å². The molecule has 0 radical (unpaired) electrons.